The van der Waals surface area contributed by atoms with Crippen molar-refractivity contribution in [1.82, 2.24) is 10.6 Å². The number of benzene rings is 1. The van der Waals surface area contributed by atoms with E-state index in [0.717, 1.165) is 10.0 Å². The van der Waals surface area contributed by atoms with Gasteiger partial charge in [-0.2, -0.15) is 0 Å². The van der Waals surface area contributed by atoms with Gasteiger partial charge in [-0.25, -0.2) is 9.59 Å². The van der Waals surface area contributed by atoms with Crippen LogP contribution in [0.3, 0.4) is 0 Å². The molecule has 0 spiro atoms. The highest BCUT2D eigenvalue weighted by Crippen LogP contribution is 2.16. The maximum absolute atomic E-state index is 11.8. The average Bonchev–Trinajstić information content (AvgIpc) is 2.38. The fourth-order valence-corrected chi connectivity index (χ4v) is 2.04. The van der Waals surface area contributed by atoms with Gasteiger partial charge in [0, 0.05) is 4.47 Å². The van der Waals surface area contributed by atoms with Crippen LogP contribution >= 0.6 is 15.9 Å². The summed E-state index contributed by atoms with van der Waals surface area (Å²) in [6.07, 6.45) is 1.11. The topological polar surface area (TPSA) is 78.4 Å². The Bertz CT molecular complexity index is 462. The van der Waals surface area contributed by atoms with Gasteiger partial charge in [-0.3, -0.25) is 0 Å². The number of carboxylic acid groups (broad SMARTS) is 1. The van der Waals surface area contributed by atoms with Crippen molar-refractivity contribution in [3.05, 3.63) is 34.3 Å². The molecule has 110 valence electrons. The maximum atomic E-state index is 11.8. The van der Waals surface area contributed by atoms with Crippen LogP contribution < -0.4 is 10.6 Å². The summed E-state index contributed by atoms with van der Waals surface area (Å²) in [5, 5.41) is 14.2. The first kappa shape index (κ1) is 16.5. The predicted molar refractivity (Wildman–Crippen MR) is 80.6 cm³/mol. The molecule has 0 aliphatic rings. The minimum Gasteiger partial charge on any atom is -0.480 e. The average molecular weight is 343 g/mol. The lowest BCUT2D eigenvalue weighted by atomic mass is 10.1. The van der Waals surface area contributed by atoms with Crippen LogP contribution in [0.2, 0.25) is 0 Å². The Kier molecular flexibility index (Phi) is 6.51. The zero-order chi connectivity index (χ0) is 15.1. The zero-order valence-electron chi connectivity index (χ0n) is 11.5. The van der Waals surface area contributed by atoms with E-state index in [2.05, 4.69) is 26.6 Å². The second kappa shape index (κ2) is 7.89. The van der Waals surface area contributed by atoms with E-state index in [0.29, 0.717) is 12.8 Å². The molecule has 5 nitrogen and oxygen atoms in total. The van der Waals surface area contributed by atoms with Crippen molar-refractivity contribution in [3.8, 4) is 0 Å². The molecule has 1 unspecified atom stereocenters. The van der Waals surface area contributed by atoms with Gasteiger partial charge in [-0.1, -0.05) is 41.4 Å². The number of hydrogen-bond acceptors (Lipinski definition) is 2. The Hall–Kier alpha value is -1.56. The highest BCUT2D eigenvalue weighted by Gasteiger charge is 2.19. The van der Waals surface area contributed by atoms with E-state index in [4.69, 9.17) is 5.11 Å². The molecule has 1 aromatic carbocycles. The van der Waals surface area contributed by atoms with E-state index in [9.17, 15) is 9.59 Å². The molecule has 0 heterocycles. The normalized spacial score (nSPS) is 13.3. The summed E-state index contributed by atoms with van der Waals surface area (Å²) in [5.41, 5.74) is 0.950. The molecule has 6 heteroatoms. The minimum absolute atomic E-state index is 0.195. The van der Waals surface area contributed by atoms with Crippen LogP contribution in [0.15, 0.2) is 28.7 Å². The van der Waals surface area contributed by atoms with Gasteiger partial charge in [0.15, 0.2) is 0 Å². The van der Waals surface area contributed by atoms with E-state index >= 15 is 0 Å². The van der Waals surface area contributed by atoms with E-state index < -0.39 is 18.0 Å². The van der Waals surface area contributed by atoms with Gasteiger partial charge in [-0.15, -0.1) is 0 Å². The maximum Gasteiger partial charge on any atom is 0.326 e. The highest BCUT2D eigenvalue weighted by atomic mass is 79.9. The van der Waals surface area contributed by atoms with Crippen LogP contribution in [-0.2, 0) is 4.79 Å². The number of amides is 2. The standard InChI is InChI=1S/C14H19BrN2O3/c1-3-4-12(13(18)19)17-14(20)16-9(2)10-5-7-11(15)8-6-10/h5-9,12H,3-4H2,1-2H3,(H,18,19)(H2,16,17,20)/t9?,12-/m1/s1. The zero-order valence-corrected chi connectivity index (χ0v) is 13.1. The number of carboxylic acids is 1. The lowest BCUT2D eigenvalue weighted by Gasteiger charge is -2.18. The van der Waals surface area contributed by atoms with Crippen molar-refractivity contribution in [1.29, 1.82) is 0 Å². The van der Waals surface area contributed by atoms with Gasteiger partial charge in [0.05, 0.1) is 6.04 Å². The first-order valence-electron chi connectivity index (χ1n) is 6.49. The number of hydrogen-bond donors (Lipinski definition) is 3. The summed E-state index contributed by atoms with van der Waals surface area (Å²) in [6, 6.07) is 6.06. The summed E-state index contributed by atoms with van der Waals surface area (Å²) < 4.78 is 0.965. The van der Waals surface area contributed by atoms with Crippen molar-refractivity contribution in [2.75, 3.05) is 0 Å². The van der Waals surface area contributed by atoms with E-state index in [1.54, 1.807) is 0 Å². The second-order valence-corrected chi connectivity index (χ2v) is 5.49. The number of halogens is 1. The van der Waals surface area contributed by atoms with Crippen LogP contribution in [0, 0.1) is 0 Å². The quantitative estimate of drug-likeness (QED) is 0.743. The van der Waals surface area contributed by atoms with Gasteiger partial charge in [0.1, 0.15) is 6.04 Å². The Labute approximate surface area is 126 Å². The summed E-state index contributed by atoms with van der Waals surface area (Å²) in [4.78, 5) is 22.8. The molecule has 0 fully saturated rings. The fraction of sp³-hybridized carbons (Fsp3) is 0.429. The minimum atomic E-state index is -1.02. The third kappa shape index (κ3) is 5.21. The van der Waals surface area contributed by atoms with Crippen LogP contribution in [0.5, 0.6) is 0 Å². The van der Waals surface area contributed by atoms with Crippen LogP contribution in [-0.4, -0.2) is 23.1 Å². The smallest absolute Gasteiger partial charge is 0.326 e. The summed E-state index contributed by atoms with van der Waals surface area (Å²) in [7, 11) is 0. The van der Waals surface area contributed by atoms with E-state index in [-0.39, 0.29) is 6.04 Å². The van der Waals surface area contributed by atoms with Crippen molar-refractivity contribution < 1.29 is 14.7 Å². The number of carbonyl (C=O) groups is 2. The van der Waals surface area contributed by atoms with Crippen molar-refractivity contribution in [2.24, 2.45) is 0 Å². The van der Waals surface area contributed by atoms with Crippen LogP contribution in [0.1, 0.15) is 38.3 Å². The van der Waals surface area contributed by atoms with Gasteiger partial charge >= 0.3 is 12.0 Å². The van der Waals surface area contributed by atoms with Gasteiger partial charge in [0.25, 0.3) is 0 Å². The molecule has 1 rings (SSSR count). The van der Waals surface area contributed by atoms with E-state index in [1.807, 2.05) is 38.1 Å². The first-order chi connectivity index (χ1) is 9.43. The predicted octanol–water partition coefficient (Wildman–Crippen LogP) is 3.06. The largest absolute Gasteiger partial charge is 0.480 e. The summed E-state index contributed by atoms with van der Waals surface area (Å²) in [6.45, 7) is 3.72. The van der Waals surface area contributed by atoms with E-state index in [1.165, 1.54) is 0 Å². The molecule has 0 aliphatic carbocycles. The number of rotatable bonds is 6. The Balaban J connectivity index is 2.56. The molecule has 0 aromatic heterocycles. The lowest BCUT2D eigenvalue weighted by Crippen LogP contribution is -2.46. The molecule has 20 heavy (non-hydrogen) atoms. The Morgan fingerprint density at radius 1 is 1.25 bits per heavy atom. The Morgan fingerprint density at radius 3 is 2.35 bits per heavy atom. The molecule has 2 amide bonds. The molecular weight excluding hydrogens is 324 g/mol. The molecule has 1 aromatic rings. The number of urea groups is 1. The third-order valence-electron chi connectivity index (χ3n) is 2.90. The monoisotopic (exact) mass is 342 g/mol. The Morgan fingerprint density at radius 2 is 1.85 bits per heavy atom. The van der Waals surface area contributed by atoms with Gasteiger partial charge < -0.3 is 15.7 Å². The molecule has 0 saturated carbocycles. The van der Waals surface area contributed by atoms with Crippen molar-refractivity contribution in [2.45, 2.75) is 38.8 Å². The summed E-state index contributed by atoms with van der Waals surface area (Å²) in [5.74, 6) is -1.02. The highest BCUT2D eigenvalue weighted by molar-refractivity contribution is 9.10. The van der Waals surface area contributed by atoms with Gasteiger partial charge in [0.2, 0.25) is 0 Å². The lowest BCUT2D eigenvalue weighted by molar-refractivity contribution is -0.139. The molecule has 0 saturated heterocycles. The number of aliphatic carboxylic acids is 1. The number of nitrogens with one attached hydrogen (secondary N) is 2. The van der Waals surface area contributed by atoms with Crippen molar-refractivity contribution in [3.63, 3.8) is 0 Å². The molecule has 0 radical (unpaired) electrons. The molecular formula is C14H19BrN2O3. The second-order valence-electron chi connectivity index (χ2n) is 4.57. The molecule has 0 aliphatic heterocycles. The van der Waals surface area contributed by atoms with Crippen LogP contribution in [0.4, 0.5) is 4.79 Å². The fourth-order valence-electron chi connectivity index (χ4n) is 1.78. The molecule has 3 N–H and O–H groups in total. The van der Waals surface area contributed by atoms with Crippen LogP contribution in [0.25, 0.3) is 0 Å². The van der Waals surface area contributed by atoms with Gasteiger partial charge in [-0.05, 0) is 31.0 Å². The number of carbonyl (C=O) groups excluding carboxylic acids is 1. The summed E-state index contributed by atoms with van der Waals surface area (Å²) >= 11 is 3.35. The SMILES string of the molecule is CCC[C@@H](NC(=O)NC(C)c1ccc(Br)cc1)C(=O)O. The third-order valence-corrected chi connectivity index (χ3v) is 3.43. The molecule has 2 atom stereocenters. The molecule has 0 bridgehead atoms. The van der Waals surface area contributed by atoms with Crippen molar-refractivity contribution >= 4 is 27.9 Å². The first-order valence-corrected chi connectivity index (χ1v) is 7.28.